The number of alkyl halides is 1. The first-order valence-corrected chi connectivity index (χ1v) is 5.90. The van der Waals surface area contributed by atoms with E-state index in [1.807, 2.05) is 29.1 Å². The molecule has 0 radical (unpaired) electrons. The predicted molar refractivity (Wildman–Crippen MR) is 65.6 cm³/mol. The minimum absolute atomic E-state index is 0.447. The molecule has 1 aromatic heterocycles. The molecule has 0 fully saturated rings. The summed E-state index contributed by atoms with van der Waals surface area (Å²) in [5.74, 6) is 0.447. The molecule has 0 aliphatic rings. The number of nitrogens with zero attached hydrogens (tertiary/aromatic N) is 2. The van der Waals surface area contributed by atoms with Crippen LogP contribution in [0.2, 0.25) is 0 Å². The van der Waals surface area contributed by atoms with Crippen LogP contribution in [0, 0.1) is 6.92 Å². The molecule has 0 saturated carbocycles. The van der Waals surface area contributed by atoms with Gasteiger partial charge in [-0.15, -0.1) is 11.6 Å². The van der Waals surface area contributed by atoms with Crippen molar-refractivity contribution in [3.8, 4) is 5.69 Å². The van der Waals surface area contributed by atoms with Crippen molar-refractivity contribution < 1.29 is 0 Å². The number of hydrogen-bond acceptors (Lipinski definition) is 1. The normalized spacial score (nSPS) is 10.6. The van der Waals surface area contributed by atoms with Crippen molar-refractivity contribution in [2.45, 2.75) is 12.8 Å². The van der Waals surface area contributed by atoms with Crippen LogP contribution in [0.1, 0.15) is 11.3 Å². The maximum Gasteiger partial charge on any atom is 0.0776 e. The average Bonchev–Trinajstić information content (AvgIpc) is 2.66. The Balaban J connectivity index is 2.44. The zero-order chi connectivity index (χ0) is 10.8. The van der Waals surface area contributed by atoms with Gasteiger partial charge in [-0.3, -0.25) is 0 Å². The molecule has 0 spiro atoms. The fraction of sp³-hybridized carbons (Fsp3) is 0.182. The Morgan fingerprint density at radius 3 is 2.80 bits per heavy atom. The highest BCUT2D eigenvalue weighted by molar-refractivity contribution is 9.10. The molecule has 0 N–H and O–H groups in total. The molecule has 15 heavy (non-hydrogen) atoms. The highest BCUT2D eigenvalue weighted by Crippen LogP contribution is 2.19. The van der Waals surface area contributed by atoms with Gasteiger partial charge in [0.15, 0.2) is 0 Å². The van der Waals surface area contributed by atoms with Gasteiger partial charge in [-0.05, 0) is 36.8 Å². The largest absolute Gasteiger partial charge is 0.240 e. The van der Waals surface area contributed by atoms with E-state index >= 15 is 0 Å². The van der Waals surface area contributed by atoms with Crippen molar-refractivity contribution >= 4 is 27.5 Å². The van der Waals surface area contributed by atoms with E-state index in [0.29, 0.717) is 5.88 Å². The van der Waals surface area contributed by atoms with Crippen LogP contribution in [0.4, 0.5) is 0 Å². The lowest BCUT2D eigenvalue weighted by Crippen LogP contribution is -1.98. The van der Waals surface area contributed by atoms with E-state index in [2.05, 4.69) is 34.0 Å². The molecular weight excluding hydrogens is 275 g/mol. The molecule has 0 bridgehead atoms. The molecule has 78 valence electrons. The van der Waals surface area contributed by atoms with Crippen molar-refractivity contribution in [3.05, 3.63) is 46.2 Å². The zero-order valence-electron chi connectivity index (χ0n) is 8.24. The summed E-state index contributed by atoms with van der Waals surface area (Å²) in [6, 6.07) is 8.03. The fourth-order valence-electron chi connectivity index (χ4n) is 1.44. The van der Waals surface area contributed by atoms with Gasteiger partial charge in [0.05, 0.1) is 17.3 Å². The molecule has 0 unspecified atom stereocenters. The van der Waals surface area contributed by atoms with Gasteiger partial charge in [-0.2, -0.15) is 5.10 Å². The van der Waals surface area contributed by atoms with Gasteiger partial charge in [0.1, 0.15) is 0 Å². The van der Waals surface area contributed by atoms with Crippen LogP contribution in [0.15, 0.2) is 34.9 Å². The Kier molecular flexibility index (Phi) is 3.12. The topological polar surface area (TPSA) is 17.8 Å². The number of rotatable bonds is 2. The number of aryl methyl sites for hydroxylation is 1. The lowest BCUT2D eigenvalue weighted by Gasteiger charge is -2.05. The molecule has 0 amide bonds. The summed E-state index contributed by atoms with van der Waals surface area (Å²) in [6.07, 6.45) is 1.92. The van der Waals surface area contributed by atoms with E-state index in [-0.39, 0.29) is 0 Å². The standard InChI is InChI=1S/C11H10BrClN2/c1-8-6-9(12)2-3-11(8)15-5-4-10(7-13)14-15/h2-6H,7H2,1H3. The first-order valence-electron chi connectivity index (χ1n) is 4.58. The van der Waals surface area contributed by atoms with E-state index in [4.69, 9.17) is 11.6 Å². The lowest BCUT2D eigenvalue weighted by atomic mass is 10.2. The Hall–Kier alpha value is -0.800. The van der Waals surface area contributed by atoms with Gasteiger partial charge < -0.3 is 0 Å². The summed E-state index contributed by atoms with van der Waals surface area (Å²) in [4.78, 5) is 0. The van der Waals surface area contributed by atoms with E-state index in [0.717, 1.165) is 15.9 Å². The predicted octanol–water partition coefficient (Wildman–Crippen LogP) is 3.68. The minimum Gasteiger partial charge on any atom is -0.240 e. The van der Waals surface area contributed by atoms with Gasteiger partial charge in [-0.1, -0.05) is 15.9 Å². The molecule has 2 aromatic rings. The summed E-state index contributed by atoms with van der Waals surface area (Å²) >= 11 is 9.15. The van der Waals surface area contributed by atoms with E-state index in [1.54, 1.807) is 0 Å². The second-order valence-corrected chi connectivity index (χ2v) is 4.50. The summed E-state index contributed by atoms with van der Waals surface area (Å²) in [6.45, 7) is 2.06. The van der Waals surface area contributed by atoms with Crippen LogP contribution in [0.5, 0.6) is 0 Å². The van der Waals surface area contributed by atoms with Crippen molar-refractivity contribution in [1.29, 1.82) is 0 Å². The SMILES string of the molecule is Cc1cc(Br)ccc1-n1ccc(CCl)n1. The third kappa shape index (κ3) is 2.24. The van der Waals surface area contributed by atoms with Gasteiger partial charge in [0.2, 0.25) is 0 Å². The second kappa shape index (κ2) is 4.37. The Bertz CT molecular complexity index is 479. The van der Waals surface area contributed by atoms with E-state index < -0.39 is 0 Å². The molecule has 2 nitrogen and oxygen atoms in total. The maximum absolute atomic E-state index is 5.71. The van der Waals surface area contributed by atoms with Crippen molar-refractivity contribution in [1.82, 2.24) is 9.78 Å². The first kappa shape index (κ1) is 10.7. The first-order chi connectivity index (χ1) is 7.20. The maximum atomic E-state index is 5.71. The van der Waals surface area contributed by atoms with Crippen molar-refractivity contribution in [3.63, 3.8) is 0 Å². The van der Waals surface area contributed by atoms with E-state index in [1.165, 1.54) is 5.56 Å². The monoisotopic (exact) mass is 284 g/mol. The van der Waals surface area contributed by atoms with Gasteiger partial charge in [0, 0.05) is 10.7 Å². The average molecular weight is 286 g/mol. The van der Waals surface area contributed by atoms with Crippen LogP contribution in [-0.2, 0) is 5.88 Å². The summed E-state index contributed by atoms with van der Waals surface area (Å²) in [5, 5.41) is 4.36. The summed E-state index contributed by atoms with van der Waals surface area (Å²) < 4.78 is 2.92. The minimum atomic E-state index is 0.447. The van der Waals surface area contributed by atoms with Crippen LogP contribution < -0.4 is 0 Å². The molecular formula is C11H10BrClN2. The molecule has 0 atom stereocenters. The molecule has 2 rings (SSSR count). The molecule has 4 heteroatoms. The Morgan fingerprint density at radius 2 is 2.20 bits per heavy atom. The fourth-order valence-corrected chi connectivity index (χ4v) is 2.06. The second-order valence-electron chi connectivity index (χ2n) is 3.32. The Labute approximate surface area is 102 Å². The molecule has 0 saturated heterocycles. The highest BCUT2D eigenvalue weighted by Gasteiger charge is 2.03. The number of hydrogen-bond donors (Lipinski definition) is 0. The molecule has 1 aromatic carbocycles. The van der Waals surface area contributed by atoms with E-state index in [9.17, 15) is 0 Å². The van der Waals surface area contributed by atoms with Gasteiger partial charge in [-0.25, -0.2) is 4.68 Å². The lowest BCUT2D eigenvalue weighted by molar-refractivity contribution is 0.852. The third-order valence-corrected chi connectivity index (χ3v) is 2.95. The summed E-state index contributed by atoms with van der Waals surface area (Å²) in [7, 11) is 0. The number of aromatic nitrogens is 2. The Morgan fingerprint density at radius 1 is 1.40 bits per heavy atom. The molecule has 1 heterocycles. The number of halogens is 2. The zero-order valence-corrected chi connectivity index (χ0v) is 10.6. The smallest absolute Gasteiger partial charge is 0.0776 e. The van der Waals surface area contributed by atoms with Gasteiger partial charge in [0.25, 0.3) is 0 Å². The van der Waals surface area contributed by atoms with Crippen LogP contribution >= 0.6 is 27.5 Å². The van der Waals surface area contributed by atoms with Gasteiger partial charge >= 0.3 is 0 Å². The van der Waals surface area contributed by atoms with Crippen LogP contribution in [0.25, 0.3) is 5.69 Å². The summed E-state index contributed by atoms with van der Waals surface area (Å²) in [5.41, 5.74) is 3.14. The quantitative estimate of drug-likeness (QED) is 0.770. The highest BCUT2D eigenvalue weighted by atomic mass is 79.9. The van der Waals surface area contributed by atoms with Crippen molar-refractivity contribution in [2.24, 2.45) is 0 Å². The number of benzene rings is 1. The van der Waals surface area contributed by atoms with Crippen molar-refractivity contribution in [2.75, 3.05) is 0 Å². The van der Waals surface area contributed by atoms with Crippen LogP contribution in [0.3, 0.4) is 0 Å². The molecule has 0 aliphatic carbocycles. The van der Waals surface area contributed by atoms with Crippen LogP contribution in [-0.4, -0.2) is 9.78 Å². The molecule has 0 aliphatic heterocycles. The third-order valence-electron chi connectivity index (χ3n) is 2.19.